The Morgan fingerprint density at radius 3 is 2.54 bits per heavy atom. The van der Waals surface area contributed by atoms with E-state index in [1.807, 2.05) is 0 Å². The Kier molecular flexibility index (Phi) is 10.5. The number of nitrogens with one attached hydrogen (secondary N) is 2. The van der Waals surface area contributed by atoms with Gasteiger partial charge in [0.1, 0.15) is 17.3 Å². The minimum absolute atomic E-state index is 0.230. The molecule has 37 heavy (non-hydrogen) atoms. The van der Waals surface area contributed by atoms with Gasteiger partial charge in [-0.15, -0.1) is 11.3 Å². The number of amides is 2. The summed E-state index contributed by atoms with van der Waals surface area (Å²) in [6.07, 6.45) is 4.53. The first-order valence-corrected chi connectivity index (χ1v) is 13.4. The monoisotopic (exact) mass is 530 g/mol. The molecular formula is C27H34N2O7S. The maximum atomic E-state index is 12.6. The SMILES string of the molecule is CCCCOc1ccc(C(=O)NCC(=O)OCC(=O)Nc2sc3c(c2C(=O)OCC)CC[C@H](C)C3)cc1. The van der Waals surface area contributed by atoms with E-state index in [2.05, 4.69) is 24.5 Å². The number of rotatable bonds is 12. The predicted octanol–water partition coefficient (Wildman–Crippen LogP) is 4.14. The van der Waals surface area contributed by atoms with E-state index in [4.69, 9.17) is 14.2 Å². The molecule has 2 amide bonds. The molecule has 0 saturated heterocycles. The zero-order valence-corrected chi connectivity index (χ0v) is 22.3. The molecule has 2 aromatic rings. The third kappa shape index (κ3) is 8.04. The molecule has 1 aliphatic carbocycles. The minimum atomic E-state index is -0.757. The number of anilines is 1. The number of hydrogen-bond donors (Lipinski definition) is 2. The van der Waals surface area contributed by atoms with Crippen molar-refractivity contribution in [3.8, 4) is 5.75 Å². The van der Waals surface area contributed by atoms with E-state index in [9.17, 15) is 19.2 Å². The number of ether oxygens (including phenoxy) is 3. The molecular weight excluding hydrogens is 496 g/mol. The fourth-order valence-electron chi connectivity index (χ4n) is 3.91. The third-order valence-electron chi connectivity index (χ3n) is 5.88. The highest BCUT2D eigenvalue weighted by atomic mass is 32.1. The van der Waals surface area contributed by atoms with Crippen molar-refractivity contribution in [1.29, 1.82) is 0 Å². The van der Waals surface area contributed by atoms with E-state index >= 15 is 0 Å². The molecule has 9 nitrogen and oxygen atoms in total. The number of fused-ring (bicyclic) bond motifs is 1. The van der Waals surface area contributed by atoms with Crippen molar-refractivity contribution in [2.45, 2.75) is 52.9 Å². The van der Waals surface area contributed by atoms with Crippen LogP contribution in [-0.4, -0.2) is 50.1 Å². The summed E-state index contributed by atoms with van der Waals surface area (Å²) >= 11 is 1.36. The molecule has 10 heteroatoms. The minimum Gasteiger partial charge on any atom is -0.494 e. The Hall–Kier alpha value is -3.40. The quantitative estimate of drug-likeness (QED) is 0.313. The molecule has 0 fully saturated rings. The van der Waals surface area contributed by atoms with Gasteiger partial charge >= 0.3 is 11.9 Å². The van der Waals surface area contributed by atoms with Crippen LogP contribution in [0.1, 0.15) is 71.2 Å². The molecule has 0 saturated carbocycles. The number of esters is 2. The van der Waals surface area contributed by atoms with Crippen molar-refractivity contribution in [2.75, 3.05) is 31.7 Å². The Morgan fingerprint density at radius 1 is 1.08 bits per heavy atom. The lowest BCUT2D eigenvalue weighted by Gasteiger charge is -2.18. The largest absolute Gasteiger partial charge is 0.494 e. The van der Waals surface area contributed by atoms with Gasteiger partial charge in [-0.2, -0.15) is 0 Å². The van der Waals surface area contributed by atoms with Crippen molar-refractivity contribution >= 4 is 40.1 Å². The molecule has 1 aliphatic rings. The van der Waals surface area contributed by atoms with Crippen LogP contribution in [-0.2, 0) is 31.9 Å². The number of unbranched alkanes of at least 4 members (excludes halogenated alkanes) is 1. The fraction of sp³-hybridized carbons (Fsp3) is 0.481. The van der Waals surface area contributed by atoms with Crippen LogP contribution in [0.2, 0.25) is 0 Å². The van der Waals surface area contributed by atoms with Gasteiger partial charge < -0.3 is 24.8 Å². The lowest BCUT2D eigenvalue weighted by Crippen LogP contribution is -2.32. The highest BCUT2D eigenvalue weighted by Gasteiger charge is 2.29. The molecule has 1 heterocycles. The molecule has 1 atom stereocenters. The third-order valence-corrected chi connectivity index (χ3v) is 7.05. The summed E-state index contributed by atoms with van der Waals surface area (Å²) in [6, 6.07) is 6.61. The highest BCUT2D eigenvalue weighted by molar-refractivity contribution is 7.17. The second kappa shape index (κ2) is 13.8. The van der Waals surface area contributed by atoms with E-state index in [1.165, 1.54) is 11.3 Å². The van der Waals surface area contributed by atoms with Gasteiger partial charge in [0.25, 0.3) is 11.8 Å². The number of thiophene rings is 1. The van der Waals surface area contributed by atoms with Gasteiger partial charge in [0.15, 0.2) is 6.61 Å². The van der Waals surface area contributed by atoms with Crippen LogP contribution in [0.5, 0.6) is 5.75 Å². The average molecular weight is 531 g/mol. The summed E-state index contributed by atoms with van der Waals surface area (Å²) in [5.41, 5.74) is 1.69. The summed E-state index contributed by atoms with van der Waals surface area (Å²) in [6.45, 7) is 5.87. The number of carbonyl (C=O) groups excluding carboxylic acids is 4. The van der Waals surface area contributed by atoms with Gasteiger partial charge in [0.05, 0.1) is 18.8 Å². The van der Waals surface area contributed by atoms with Gasteiger partial charge in [-0.25, -0.2) is 4.79 Å². The molecule has 0 bridgehead atoms. The summed E-state index contributed by atoms with van der Waals surface area (Å²) in [4.78, 5) is 50.5. The topological polar surface area (TPSA) is 120 Å². The summed E-state index contributed by atoms with van der Waals surface area (Å²) in [5.74, 6) is -1.08. The maximum absolute atomic E-state index is 12.6. The van der Waals surface area contributed by atoms with E-state index in [0.717, 1.165) is 42.5 Å². The Labute approximate surface area is 220 Å². The van der Waals surface area contributed by atoms with Crippen LogP contribution in [0.4, 0.5) is 5.00 Å². The van der Waals surface area contributed by atoms with Crippen molar-refractivity contribution in [3.63, 3.8) is 0 Å². The fourth-order valence-corrected chi connectivity index (χ4v) is 5.32. The molecule has 0 aliphatic heterocycles. The van der Waals surface area contributed by atoms with Gasteiger partial charge in [0.2, 0.25) is 0 Å². The van der Waals surface area contributed by atoms with Crippen LogP contribution in [0.15, 0.2) is 24.3 Å². The van der Waals surface area contributed by atoms with Crippen molar-refractivity contribution in [3.05, 3.63) is 45.8 Å². The maximum Gasteiger partial charge on any atom is 0.341 e. The normalized spacial score (nSPS) is 14.3. The zero-order valence-electron chi connectivity index (χ0n) is 21.5. The van der Waals surface area contributed by atoms with Gasteiger partial charge in [-0.05, 0) is 68.4 Å². The summed E-state index contributed by atoms with van der Waals surface area (Å²) < 4.78 is 15.8. The van der Waals surface area contributed by atoms with E-state index in [1.54, 1.807) is 31.2 Å². The first-order chi connectivity index (χ1) is 17.8. The first-order valence-electron chi connectivity index (χ1n) is 12.6. The molecule has 1 aromatic carbocycles. The molecule has 0 radical (unpaired) electrons. The number of carbonyl (C=O) groups is 4. The van der Waals surface area contributed by atoms with Gasteiger partial charge in [-0.3, -0.25) is 14.4 Å². The molecule has 200 valence electrons. The second-order valence-corrected chi connectivity index (χ2v) is 10.00. The standard InChI is InChI=1S/C27H34N2O7S/c1-4-6-13-35-19-10-8-18(9-11-19)25(32)28-15-23(31)36-16-22(30)29-26-24(27(33)34-5-2)20-12-7-17(3)14-21(20)37-26/h8-11,17H,4-7,12-16H2,1-3H3,(H,28,32)(H,29,30)/t17-/m0/s1. The Balaban J connectivity index is 1.48. The molecule has 1 aromatic heterocycles. The number of benzene rings is 1. The second-order valence-electron chi connectivity index (χ2n) is 8.89. The van der Waals surface area contributed by atoms with Crippen LogP contribution < -0.4 is 15.4 Å². The molecule has 0 unspecified atom stereocenters. The smallest absolute Gasteiger partial charge is 0.341 e. The lowest BCUT2D eigenvalue weighted by molar-refractivity contribution is -0.146. The molecule has 0 spiro atoms. The van der Waals surface area contributed by atoms with E-state index in [0.29, 0.717) is 34.4 Å². The summed E-state index contributed by atoms with van der Waals surface area (Å²) in [5, 5.41) is 5.58. The van der Waals surface area contributed by atoms with E-state index < -0.39 is 30.4 Å². The lowest BCUT2D eigenvalue weighted by atomic mass is 9.88. The van der Waals surface area contributed by atoms with E-state index in [-0.39, 0.29) is 13.2 Å². The van der Waals surface area contributed by atoms with Crippen LogP contribution in [0.25, 0.3) is 0 Å². The van der Waals surface area contributed by atoms with Crippen LogP contribution in [0.3, 0.4) is 0 Å². The Bertz CT molecular complexity index is 1110. The average Bonchev–Trinajstić information content (AvgIpc) is 3.23. The van der Waals surface area contributed by atoms with Crippen molar-refractivity contribution < 1.29 is 33.4 Å². The van der Waals surface area contributed by atoms with Gasteiger partial charge in [-0.1, -0.05) is 20.3 Å². The predicted molar refractivity (Wildman–Crippen MR) is 140 cm³/mol. The van der Waals surface area contributed by atoms with Gasteiger partial charge in [0, 0.05) is 10.4 Å². The zero-order chi connectivity index (χ0) is 26.8. The Morgan fingerprint density at radius 2 is 1.84 bits per heavy atom. The molecule has 3 rings (SSSR count). The van der Waals surface area contributed by atoms with Crippen LogP contribution in [0, 0.1) is 5.92 Å². The van der Waals surface area contributed by atoms with Crippen molar-refractivity contribution in [1.82, 2.24) is 5.32 Å². The summed E-state index contributed by atoms with van der Waals surface area (Å²) in [7, 11) is 0. The van der Waals surface area contributed by atoms with Crippen LogP contribution >= 0.6 is 11.3 Å². The highest BCUT2D eigenvalue weighted by Crippen LogP contribution is 2.40. The number of hydrogen-bond acceptors (Lipinski definition) is 8. The first kappa shape index (κ1) is 28.2. The molecule has 2 N–H and O–H groups in total. The van der Waals surface area contributed by atoms with Crippen molar-refractivity contribution in [2.24, 2.45) is 5.92 Å².